The summed E-state index contributed by atoms with van der Waals surface area (Å²) in [6, 6.07) is 5.65. The van der Waals surface area contributed by atoms with Gasteiger partial charge in [-0.05, 0) is 24.6 Å². The number of nitrogens with one attached hydrogen (secondary N) is 1. The average molecular weight is 343 g/mol. The van der Waals surface area contributed by atoms with Crippen molar-refractivity contribution in [2.75, 3.05) is 0 Å². The molecule has 1 aliphatic rings. The highest BCUT2D eigenvalue weighted by molar-refractivity contribution is 6.07. The zero-order valence-electron chi connectivity index (χ0n) is 13.8. The highest BCUT2D eigenvalue weighted by Crippen LogP contribution is 2.29. The van der Waals surface area contributed by atoms with E-state index in [1.165, 1.54) is 12.1 Å². The molecule has 0 aliphatic carbocycles. The number of hydrogen-bond donors (Lipinski definition) is 2. The molecule has 25 heavy (non-hydrogen) atoms. The number of hydrogen-bond acceptors (Lipinski definition) is 6. The Kier molecular flexibility index (Phi) is 3.99. The summed E-state index contributed by atoms with van der Waals surface area (Å²) >= 11 is 0. The van der Waals surface area contributed by atoms with Crippen molar-refractivity contribution in [3.05, 3.63) is 47.1 Å². The smallest absolute Gasteiger partial charge is 0.325 e. The normalized spacial score (nSPS) is 20.0. The fourth-order valence-electron chi connectivity index (χ4n) is 2.64. The predicted molar refractivity (Wildman–Crippen MR) is 85.1 cm³/mol. The van der Waals surface area contributed by atoms with Gasteiger partial charge in [-0.25, -0.2) is 4.79 Å². The molecule has 1 aliphatic heterocycles. The van der Waals surface area contributed by atoms with Crippen molar-refractivity contribution >= 4 is 17.8 Å². The summed E-state index contributed by atoms with van der Waals surface area (Å²) in [7, 11) is 0. The van der Waals surface area contributed by atoms with Gasteiger partial charge < -0.3 is 15.6 Å². The molecular formula is C16H17N5O4. The number of rotatable bonds is 5. The Hall–Kier alpha value is -3.23. The van der Waals surface area contributed by atoms with Crippen LogP contribution in [0.2, 0.25) is 0 Å². The van der Waals surface area contributed by atoms with Crippen LogP contribution in [-0.2, 0) is 23.3 Å². The van der Waals surface area contributed by atoms with Crippen LogP contribution >= 0.6 is 0 Å². The first-order valence-electron chi connectivity index (χ1n) is 7.71. The molecule has 1 aromatic heterocycles. The Balaban J connectivity index is 1.84. The third kappa shape index (κ3) is 2.84. The number of nitrogens with zero attached hydrogens (tertiary/aromatic N) is 3. The van der Waals surface area contributed by atoms with Crippen LogP contribution in [0.5, 0.6) is 0 Å². The number of imide groups is 1. The number of carbonyl (C=O) groups is 3. The lowest BCUT2D eigenvalue weighted by Gasteiger charge is -2.22. The van der Waals surface area contributed by atoms with Crippen molar-refractivity contribution in [1.29, 1.82) is 0 Å². The van der Waals surface area contributed by atoms with E-state index in [1.807, 2.05) is 6.92 Å². The van der Waals surface area contributed by atoms with Crippen LogP contribution < -0.4 is 11.1 Å². The average Bonchev–Trinajstić information content (AvgIpc) is 3.14. The van der Waals surface area contributed by atoms with E-state index in [4.69, 9.17) is 10.3 Å². The molecule has 0 bridgehead atoms. The molecule has 0 unspecified atom stereocenters. The monoisotopic (exact) mass is 343 g/mol. The second kappa shape index (κ2) is 6.00. The summed E-state index contributed by atoms with van der Waals surface area (Å²) in [6.07, 6.45) is 0.567. The van der Waals surface area contributed by atoms with Gasteiger partial charge in [0, 0.05) is 12.0 Å². The van der Waals surface area contributed by atoms with Crippen LogP contribution in [0.1, 0.15) is 41.5 Å². The minimum absolute atomic E-state index is 0.0802. The number of primary amides is 1. The summed E-state index contributed by atoms with van der Waals surface area (Å²) in [5, 5.41) is 6.43. The summed E-state index contributed by atoms with van der Waals surface area (Å²) < 4.78 is 4.99. The number of aromatic nitrogens is 2. The van der Waals surface area contributed by atoms with Crippen molar-refractivity contribution in [1.82, 2.24) is 20.4 Å². The SMILES string of the molecule is CCc1nc(CN2C(=O)N[C@](C)(c3ccc(C(N)=O)cc3)C2=O)no1. The molecule has 9 heteroatoms. The van der Waals surface area contributed by atoms with Gasteiger partial charge >= 0.3 is 6.03 Å². The van der Waals surface area contributed by atoms with E-state index < -0.39 is 23.4 Å². The lowest BCUT2D eigenvalue weighted by atomic mass is 9.91. The molecule has 2 heterocycles. The Bertz CT molecular complexity index is 844. The zero-order valence-corrected chi connectivity index (χ0v) is 13.8. The Morgan fingerprint density at radius 3 is 2.56 bits per heavy atom. The molecule has 130 valence electrons. The molecule has 2 aromatic rings. The van der Waals surface area contributed by atoms with Crippen molar-refractivity contribution in [2.45, 2.75) is 32.4 Å². The topological polar surface area (TPSA) is 131 Å². The molecule has 0 spiro atoms. The van der Waals surface area contributed by atoms with Crippen LogP contribution in [0, 0.1) is 0 Å². The molecule has 4 amide bonds. The minimum Gasteiger partial charge on any atom is -0.366 e. The van der Waals surface area contributed by atoms with Crippen molar-refractivity contribution in [3.8, 4) is 0 Å². The van der Waals surface area contributed by atoms with E-state index in [0.29, 0.717) is 23.4 Å². The zero-order chi connectivity index (χ0) is 18.2. The molecule has 1 aromatic carbocycles. The molecular weight excluding hydrogens is 326 g/mol. The van der Waals surface area contributed by atoms with Crippen molar-refractivity contribution < 1.29 is 18.9 Å². The number of amides is 4. The predicted octanol–water partition coefficient (Wildman–Crippen LogP) is 0.698. The first kappa shape index (κ1) is 16.6. The molecule has 1 saturated heterocycles. The molecule has 3 N–H and O–H groups in total. The van der Waals surface area contributed by atoms with Gasteiger partial charge in [0.1, 0.15) is 5.54 Å². The van der Waals surface area contributed by atoms with Crippen LogP contribution in [0.25, 0.3) is 0 Å². The minimum atomic E-state index is -1.25. The van der Waals surface area contributed by atoms with Gasteiger partial charge in [-0.15, -0.1) is 0 Å². The molecule has 0 radical (unpaired) electrons. The lowest BCUT2D eigenvalue weighted by molar-refractivity contribution is -0.131. The van der Waals surface area contributed by atoms with E-state index in [1.54, 1.807) is 19.1 Å². The summed E-state index contributed by atoms with van der Waals surface area (Å²) in [5.74, 6) is -0.309. The highest BCUT2D eigenvalue weighted by atomic mass is 16.5. The van der Waals surface area contributed by atoms with Gasteiger partial charge in [-0.3, -0.25) is 14.5 Å². The van der Waals surface area contributed by atoms with Gasteiger partial charge in [-0.2, -0.15) is 4.98 Å². The largest absolute Gasteiger partial charge is 0.366 e. The van der Waals surface area contributed by atoms with E-state index in [9.17, 15) is 14.4 Å². The van der Waals surface area contributed by atoms with Gasteiger partial charge in [0.05, 0.1) is 6.54 Å². The van der Waals surface area contributed by atoms with Crippen LogP contribution in [-0.4, -0.2) is 32.9 Å². The third-order valence-corrected chi connectivity index (χ3v) is 4.13. The Labute approximate surface area is 143 Å². The van der Waals surface area contributed by atoms with Crippen LogP contribution in [0.4, 0.5) is 4.79 Å². The number of urea groups is 1. The first-order valence-corrected chi connectivity index (χ1v) is 7.71. The molecule has 1 atom stereocenters. The number of carbonyl (C=O) groups excluding carboxylic acids is 3. The first-order chi connectivity index (χ1) is 11.8. The van der Waals surface area contributed by atoms with E-state index in [0.717, 1.165) is 4.90 Å². The van der Waals surface area contributed by atoms with E-state index >= 15 is 0 Å². The number of aryl methyl sites for hydroxylation is 1. The van der Waals surface area contributed by atoms with Crippen molar-refractivity contribution in [2.24, 2.45) is 5.73 Å². The molecule has 3 rings (SSSR count). The van der Waals surface area contributed by atoms with Gasteiger partial charge in [0.2, 0.25) is 11.8 Å². The van der Waals surface area contributed by atoms with Crippen LogP contribution in [0.15, 0.2) is 28.8 Å². The molecule has 1 fully saturated rings. The van der Waals surface area contributed by atoms with Crippen molar-refractivity contribution in [3.63, 3.8) is 0 Å². The third-order valence-electron chi connectivity index (χ3n) is 4.13. The van der Waals surface area contributed by atoms with E-state index in [-0.39, 0.29) is 12.4 Å². The summed E-state index contributed by atoms with van der Waals surface area (Å²) in [4.78, 5) is 41.4. The number of benzene rings is 1. The van der Waals surface area contributed by atoms with Gasteiger partial charge in [0.25, 0.3) is 5.91 Å². The maximum atomic E-state index is 12.8. The second-order valence-electron chi connectivity index (χ2n) is 5.85. The maximum Gasteiger partial charge on any atom is 0.325 e. The standard InChI is InChI=1S/C16H17N5O4/c1-3-12-18-11(20-25-12)8-21-14(23)16(2,19-15(21)24)10-6-4-9(5-7-10)13(17)22/h4-7H,3,8H2,1-2H3,(H2,17,22)(H,19,24)/t16-/m1/s1. The summed E-state index contributed by atoms with van der Waals surface area (Å²) in [6.45, 7) is 3.38. The fourth-order valence-corrected chi connectivity index (χ4v) is 2.64. The molecule has 0 saturated carbocycles. The summed E-state index contributed by atoms with van der Waals surface area (Å²) in [5.41, 5.74) is 4.83. The Morgan fingerprint density at radius 2 is 2.00 bits per heavy atom. The highest BCUT2D eigenvalue weighted by Gasteiger charge is 2.49. The molecule has 9 nitrogen and oxygen atoms in total. The quantitative estimate of drug-likeness (QED) is 0.768. The van der Waals surface area contributed by atoms with Crippen LogP contribution in [0.3, 0.4) is 0 Å². The number of nitrogens with two attached hydrogens (primary N) is 1. The maximum absolute atomic E-state index is 12.8. The lowest BCUT2D eigenvalue weighted by Crippen LogP contribution is -2.40. The van der Waals surface area contributed by atoms with E-state index in [2.05, 4.69) is 15.5 Å². The van der Waals surface area contributed by atoms with Gasteiger partial charge in [-0.1, -0.05) is 24.2 Å². The second-order valence-corrected chi connectivity index (χ2v) is 5.85. The Morgan fingerprint density at radius 1 is 1.32 bits per heavy atom. The van der Waals surface area contributed by atoms with Gasteiger partial charge in [0.15, 0.2) is 5.82 Å². The fraction of sp³-hybridized carbons (Fsp3) is 0.312.